The molecule has 1 atom stereocenters. The van der Waals surface area contributed by atoms with E-state index in [9.17, 15) is 0 Å². The number of unbranched alkanes of at least 4 members (excludes halogenated alkanes) is 12. The molecular weight excluding hydrogens is 304 g/mol. The average Bonchev–Trinajstić information content (AvgIpc) is 3.09. The Morgan fingerprint density at radius 2 is 1.24 bits per heavy atom. The Balaban J connectivity index is 1.92. The summed E-state index contributed by atoms with van der Waals surface area (Å²) in [7, 11) is 0. The van der Waals surface area contributed by atoms with Crippen molar-refractivity contribution in [2.45, 2.75) is 130 Å². The van der Waals surface area contributed by atoms with Crippen LogP contribution in [0.1, 0.15) is 135 Å². The molecule has 146 valence electrons. The molecule has 0 saturated heterocycles. The minimum Gasteiger partial charge on any atom is -0.247 e. The van der Waals surface area contributed by atoms with Crippen LogP contribution in [-0.2, 0) is 0 Å². The van der Waals surface area contributed by atoms with Gasteiger partial charge in [0, 0.05) is 0 Å². The molecule has 1 N–H and O–H groups in total. The molecule has 0 spiro atoms. The summed E-state index contributed by atoms with van der Waals surface area (Å²) >= 11 is 0. The van der Waals surface area contributed by atoms with Crippen LogP contribution < -0.4 is 4.57 Å². The standard InChI is InChI=1S/C23H44N2/c1-5-6-7-8-9-10-11-12-13-14-15-16-17-18-22(4)23-24-19-20-25(23)21(2)3/h19-22H,5-18H2,1-4H3/p+1/t22-/m0/s1. The highest BCUT2D eigenvalue weighted by Gasteiger charge is 2.19. The number of rotatable bonds is 16. The Labute approximate surface area is 157 Å². The van der Waals surface area contributed by atoms with Gasteiger partial charge in [-0.3, -0.25) is 0 Å². The van der Waals surface area contributed by atoms with Gasteiger partial charge >= 0.3 is 0 Å². The number of H-pyrrole nitrogens is 1. The van der Waals surface area contributed by atoms with Crippen molar-refractivity contribution in [3.63, 3.8) is 0 Å². The fraction of sp³-hybridized carbons (Fsp3) is 0.870. The van der Waals surface area contributed by atoms with Crippen LogP contribution in [0.2, 0.25) is 0 Å². The normalized spacial score (nSPS) is 12.8. The van der Waals surface area contributed by atoms with E-state index in [1.807, 2.05) is 0 Å². The molecule has 0 amide bonds. The van der Waals surface area contributed by atoms with Crippen LogP contribution >= 0.6 is 0 Å². The average molecular weight is 350 g/mol. The highest BCUT2D eigenvalue weighted by molar-refractivity contribution is 4.87. The largest absolute Gasteiger partial charge is 0.257 e. The van der Waals surface area contributed by atoms with Crippen LogP contribution in [0.4, 0.5) is 0 Å². The van der Waals surface area contributed by atoms with Gasteiger partial charge in [0.05, 0.1) is 12.0 Å². The first-order chi connectivity index (χ1) is 12.2. The molecule has 0 aliphatic heterocycles. The molecule has 0 fully saturated rings. The molecule has 25 heavy (non-hydrogen) atoms. The van der Waals surface area contributed by atoms with Crippen LogP contribution in [0.15, 0.2) is 12.4 Å². The zero-order chi connectivity index (χ0) is 18.3. The molecule has 0 saturated carbocycles. The number of imidazole rings is 1. The van der Waals surface area contributed by atoms with Gasteiger partial charge in [0.1, 0.15) is 12.4 Å². The third-order valence-electron chi connectivity index (χ3n) is 5.51. The second-order valence-corrected chi connectivity index (χ2v) is 8.28. The van der Waals surface area contributed by atoms with E-state index in [-0.39, 0.29) is 0 Å². The lowest BCUT2D eigenvalue weighted by atomic mass is 10.00. The molecule has 0 aliphatic carbocycles. The Morgan fingerprint density at radius 3 is 1.72 bits per heavy atom. The van der Waals surface area contributed by atoms with Crippen molar-refractivity contribution in [3.05, 3.63) is 18.2 Å². The van der Waals surface area contributed by atoms with Gasteiger partial charge in [-0.25, -0.2) is 9.55 Å². The molecule has 2 nitrogen and oxygen atoms in total. The molecule has 1 aromatic rings. The Kier molecular flexibility index (Phi) is 12.8. The fourth-order valence-corrected chi connectivity index (χ4v) is 3.81. The molecule has 0 aromatic carbocycles. The maximum absolute atomic E-state index is 3.45. The van der Waals surface area contributed by atoms with Gasteiger partial charge in [-0.05, 0) is 20.3 Å². The van der Waals surface area contributed by atoms with Gasteiger partial charge in [0.2, 0.25) is 0 Å². The highest BCUT2D eigenvalue weighted by atomic mass is 15.1. The number of nitrogens with one attached hydrogen (secondary N) is 1. The minimum atomic E-state index is 0.551. The highest BCUT2D eigenvalue weighted by Crippen LogP contribution is 2.19. The zero-order valence-corrected chi connectivity index (χ0v) is 17.7. The first kappa shape index (κ1) is 22.3. The first-order valence-electron chi connectivity index (χ1n) is 11.2. The van der Waals surface area contributed by atoms with Crippen molar-refractivity contribution in [1.82, 2.24) is 4.98 Å². The van der Waals surface area contributed by atoms with Crippen molar-refractivity contribution in [1.29, 1.82) is 0 Å². The van der Waals surface area contributed by atoms with Gasteiger partial charge < -0.3 is 0 Å². The maximum Gasteiger partial charge on any atom is 0.257 e. The summed E-state index contributed by atoms with van der Waals surface area (Å²) in [6.07, 6.45) is 24.2. The number of hydrogen-bond donors (Lipinski definition) is 1. The SMILES string of the molecule is CCCCCCCCCCCCCCC[C@H](C)c1[nH]cc[n+]1C(C)C. The van der Waals surface area contributed by atoms with Gasteiger partial charge in [-0.2, -0.15) is 0 Å². The maximum atomic E-state index is 3.45. The smallest absolute Gasteiger partial charge is 0.247 e. The van der Waals surface area contributed by atoms with Crippen molar-refractivity contribution >= 4 is 0 Å². The van der Waals surface area contributed by atoms with Crippen molar-refractivity contribution < 1.29 is 4.57 Å². The molecule has 1 aromatic heterocycles. The number of hydrogen-bond acceptors (Lipinski definition) is 0. The lowest BCUT2D eigenvalue weighted by molar-refractivity contribution is -0.723. The van der Waals surface area contributed by atoms with Gasteiger partial charge in [0.15, 0.2) is 0 Å². The molecule has 1 heterocycles. The molecule has 2 heteroatoms. The number of nitrogens with zero attached hydrogens (tertiary/aromatic N) is 1. The number of aromatic nitrogens is 2. The fourth-order valence-electron chi connectivity index (χ4n) is 3.81. The van der Waals surface area contributed by atoms with Crippen molar-refractivity contribution in [2.24, 2.45) is 0 Å². The lowest BCUT2D eigenvalue weighted by Gasteiger charge is -2.10. The van der Waals surface area contributed by atoms with Crippen LogP contribution in [0.5, 0.6) is 0 Å². The van der Waals surface area contributed by atoms with E-state index in [1.54, 1.807) is 0 Å². The van der Waals surface area contributed by atoms with E-state index >= 15 is 0 Å². The monoisotopic (exact) mass is 349 g/mol. The van der Waals surface area contributed by atoms with Crippen LogP contribution in [-0.4, -0.2) is 4.98 Å². The predicted molar refractivity (Wildman–Crippen MR) is 110 cm³/mol. The first-order valence-corrected chi connectivity index (χ1v) is 11.2. The second kappa shape index (κ2) is 14.4. The summed E-state index contributed by atoms with van der Waals surface area (Å²) in [6, 6.07) is 0.551. The second-order valence-electron chi connectivity index (χ2n) is 8.28. The van der Waals surface area contributed by atoms with Crippen LogP contribution in [0, 0.1) is 0 Å². The van der Waals surface area contributed by atoms with E-state index < -0.39 is 0 Å². The van der Waals surface area contributed by atoms with E-state index in [4.69, 9.17) is 0 Å². The quantitative estimate of drug-likeness (QED) is 0.236. The summed E-state index contributed by atoms with van der Waals surface area (Å²) < 4.78 is 2.38. The summed E-state index contributed by atoms with van der Waals surface area (Å²) in [5.41, 5.74) is 0. The van der Waals surface area contributed by atoms with E-state index in [1.165, 1.54) is 95.7 Å². The minimum absolute atomic E-state index is 0.551. The molecule has 0 radical (unpaired) electrons. The Morgan fingerprint density at radius 1 is 0.760 bits per heavy atom. The molecule has 0 aliphatic rings. The molecule has 0 unspecified atom stereocenters. The van der Waals surface area contributed by atoms with Crippen molar-refractivity contribution in [2.75, 3.05) is 0 Å². The topological polar surface area (TPSA) is 19.7 Å². The molecular formula is C23H45N2+. The third-order valence-corrected chi connectivity index (χ3v) is 5.51. The summed E-state index contributed by atoms with van der Waals surface area (Å²) in [5.74, 6) is 2.04. The number of aromatic amines is 1. The van der Waals surface area contributed by atoms with Gasteiger partial charge in [-0.1, -0.05) is 97.3 Å². The lowest BCUT2D eigenvalue weighted by Crippen LogP contribution is -2.39. The van der Waals surface area contributed by atoms with Crippen molar-refractivity contribution in [3.8, 4) is 0 Å². The van der Waals surface area contributed by atoms with E-state index in [2.05, 4.69) is 49.6 Å². The summed E-state index contributed by atoms with van der Waals surface area (Å²) in [4.78, 5) is 3.45. The summed E-state index contributed by atoms with van der Waals surface area (Å²) in [5, 5.41) is 0. The Hall–Kier alpha value is -0.790. The summed E-state index contributed by atoms with van der Waals surface area (Å²) in [6.45, 7) is 9.18. The van der Waals surface area contributed by atoms with Crippen LogP contribution in [0.3, 0.4) is 0 Å². The Bertz CT molecular complexity index is 408. The van der Waals surface area contributed by atoms with Crippen LogP contribution in [0.25, 0.3) is 0 Å². The van der Waals surface area contributed by atoms with E-state index in [0.29, 0.717) is 12.0 Å². The van der Waals surface area contributed by atoms with Gasteiger partial charge in [0.25, 0.3) is 5.82 Å². The molecule has 1 rings (SSSR count). The van der Waals surface area contributed by atoms with E-state index in [0.717, 1.165) is 0 Å². The predicted octanol–water partition coefficient (Wildman–Crippen LogP) is 7.47. The zero-order valence-electron chi connectivity index (χ0n) is 17.7. The third kappa shape index (κ3) is 10.1. The molecule has 0 bridgehead atoms. The van der Waals surface area contributed by atoms with Gasteiger partial charge in [-0.15, -0.1) is 0 Å².